The van der Waals surface area contributed by atoms with Crippen molar-refractivity contribution in [3.63, 3.8) is 0 Å². The van der Waals surface area contributed by atoms with E-state index in [0.29, 0.717) is 0 Å². The average molecular weight is 214 g/mol. The van der Waals surface area contributed by atoms with Crippen molar-refractivity contribution < 1.29 is 81.4 Å². The van der Waals surface area contributed by atoms with Crippen LogP contribution in [0, 0.1) is 0 Å². The van der Waals surface area contributed by atoms with Gasteiger partial charge in [0, 0.05) is 0 Å². The molecule has 2 unspecified atom stereocenters. The second-order valence-electron chi connectivity index (χ2n) is 1.53. The van der Waals surface area contributed by atoms with Gasteiger partial charge in [-0.15, -0.1) is 0 Å². The minimum absolute atomic E-state index is 0. The van der Waals surface area contributed by atoms with E-state index in [1.807, 2.05) is 0 Å². The molecule has 0 bridgehead atoms. The third-order valence-electron chi connectivity index (χ3n) is 0.782. The standard InChI is InChI=1S/C4H6O6.Al.K/c5-1(3(7)8)2(6)4(9)10;;/h1-2,5-6H,(H,7,8)(H,9,10);;/q;+3;+1/p-2. The largest absolute Gasteiger partial charge is 3.00 e. The minimum atomic E-state index is -2.44. The molecule has 8 heteroatoms. The van der Waals surface area contributed by atoms with Gasteiger partial charge in [0.1, 0.15) is 12.2 Å². The van der Waals surface area contributed by atoms with Crippen molar-refractivity contribution in [1.29, 1.82) is 0 Å². The third kappa shape index (κ3) is 6.53. The molecule has 6 nitrogen and oxygen atoms in total. The minimum Gasteiger partial charge on any atom is -0.547 e. The Balaban J connectivity index is -0.000000405. The Bertz CT molecular complexity index is 144. The van der Waals surface area contributed by atoms with Gasteiger partial charge in [0.2, 0.25) is 0 Å². The first-order valence-corrected chi connectivity index (χ1v) is 2.24. The van der Waals surface area contributed by atoms with E-state index in [1.165, 1.54) is 0 Å². The smallest absolute Gasteiger partial charge is 0.547 e. The molecule has 58 valence electrons. The van der Waals surface area contributed by atoms with Crippen molar-refractivity contribution in [3.8, 4) is 0 Å². The summed E-state index contributed by atoms with van der Waals surface area (Å²) >= 11 is 0. The summed E-state index contributed by atoms with van der Waals surface area (Å²) in [4.78, 5) is 19.3. The second-order valence-corrected chi connectivity index (χ2v) is 1.53. The van der Waals surface area contributed by atoms with E-state index >= 15 is 0 Å². The summed E-state index contributed by atoms with van der Waals surface area (Å²) in [7, 11) is 0. The summed E-state index contributed by atoms with van der Waals surface area (Å²) in [5.41, 5.74) is 0. The molecule has 0 aromatic carbocycles. The first-order chi connectivity index (χ1) is 4.46. The molecule has 0 saturated carbocycles. The number of aliphatic hydroxyl groups excluding tert-OH is 2. The zero-order chi connectivity index (χ0) is 8.31. The van der Waals surface area contributed by atoms with Crippen LogP contribution >= 0.6 is 0 Å². The van der Waals surface area contributed by atoms with Gasteiger partial charge in [-0.05, 0) is 0 Å². The van der Waals surface area contributed by atoms with Gasteiger partial charge in [0.05, 0.1) is 11.9 Å². The molecule has 2 atom stereocenters. The SMILES string of the molecule is O=C([O-])C(O)C(O)C(=O)[O-].[Al+3].[K+]. The molecular weight excluding hydrogens is 210 g/mol. The molecule has 0 heterocycles. The summed E-state index contributed by atoms with van der Waals surface area (Å²) in [5, 5.41) is 35.7. The van der Waals surface area contributed by atoms with Crippen LogP contribution in [0.2, 0.25) is 0 Å². The Morgan fingerprint density at radius 3 is 1.25 bits per heavy atom. The molecule has 0 fully saturated rings. The topological polar surface area (TPSA) is 121 Å². The van der Waals surface area contributed by atoms with Gasteiger partial charge in [0.15, 0.2) is 0 Å². The maximum Gasteiger partial charge on any atom is 3.00 e. The van der Waals surface area contributed by atoms with Crippen LogP contribution in [0.15, 0.2) is 0 Å². The molecule has 0 amide bonds. The zero-order valence-electron chi connectivity index (χ0n) is 6.26. The number of carboxylic acids is 2. The van der Waals surface area contributed by atoms with E-state index < -0.39 is 24.1 Å². The number of carboxylic acid groups (broad SMARTS) is 2. The predicted molar refractivity (Wildman–Crippen MR) is 27.8 cm³/mol. The van der Waals surface area contributed by atoms with Gasteiger partial charge >= 0.3 is 68.7 Å². The van der Waals surface area contributed by atoms with Crippen molar-refractivity contribution in [2.75, 3.05) is 0 Å². The van der Waals surface area contributed by atoms with Crippen molar-refractivity contribution in [2.45, 2.75) is 12.2 Å². The Kier molecular flexibility index (Phi) is 13.5. The van der Waals surface area contributed by atoms with Gasteiger partial charge in [0.25, 0.3) is 0 Å². The fourth-order valence-electron chi connectivity index (χ4n) is 0.258. The van der Waals surface area contributed by atoms with Crippen LogP contribution < -0.4 is 61.6 Å². The third-order valence-corrected chi connectivity index (χ3v) is 0.782. The molecule has 0 aliphatic carbocycles. The molecule has 0 saturated heterocycles. The van der Waals surface area contributed by atoms with E-state index in [2.05, 4.69) is 0 Å². The number of hydrogen-bond donors (Lipinski definition) is 2. The zero-order valence-corrected chi connectivity index (χ0v) is 10.5. The monoisotopic (exact) mass is 214 g/mol. The molecular formula is C4H4AlKO6+2. The Hall–Kier alpha value is 1.03. The summed E-state index contributed by atoms with van der Waals surface area (Å²) in [6.45, 7) is 0. The van der Waals surface area contributed by atoms with Crippen LogP contribution in [-0.2, 0) is 9.59 Å². The number of carbonyl (C=O) groups is 2. The molecule has 12 heavy (non-hydrogen) atoms. The molecule has 0 spiro atoms. The maximum absolute atomic E-state index is 9.63. The van der Waals surface area contributed by atoms with E-state index in [0.717, 1.165) is 0 Å². The van der Waals surface area contributed by atoms with E-state index in [1.54, 1.807) is 0 Å². The van der Waals surface area contributed by atoms with E-state index in [9.17, 15) is 19.8 Å². The van der Waals surface area contributed by atoms with Gasteiger partial charge in [-0.25, -0.2) is 0 Å². The molecule has 0 aliphatic heterocycles. The van der Waals surface area contributed by atoms with Crippen LogP contribution in [0.1, 0.15) is 0 Å². The van der Waals surface area contributed by atoms with Crippen LogP contribution in [0.25, 0.3) is 0 Å². The normalized spacial score (nSPS) is 13.2. The van der Waals surface area contributed by atoms with Gasteiger partial charge in [-0.2, -0.15) is 0 Å². The number of aliphatic carboxylic acids is 2. The number of aliphatic hydroxyl groups is 2. The predicted octanol–water partition coefficient (Wildman–Crippen LogP) is -8.17. The summed E-state index contributed by atoms with van der Waals surface area (Å²) in [6, 6.07) is 0. The summed E-state index contributed by atoms with van der Waals surface area (Å²) < 4.78 is 0. The average Bonchev–Trinajstić information content (AvgIpc) is 1.84. The number of rotatable bonds is 3. The first kappa shape index (κ1) is 18.7. The Morgan fingerprint density at radius 1 is 1.00 bits per heavy atom. The second kappa shape index (κ2) is 8.62. The van der Waals surface area contributed by atoms with Gasteiger partial charge in [-0.3, -0.25) is 0 Å². The summed E-state index contributed by atoms with van der Waals surface area (Å²) in [5.74, 6) is -4.12. The fraction of sp³-hybridized carbons (Fsp3) is 0.500. The Labute approximate surface area is 121 Å². The quantitative estimate of drug-likeness (QED) is 0.450. The molecule has 0 radical (unpaired) electrons. The van der Waals surface area contributed by atoms with Crippen LogP contribution in [-0.4, -0.2) is 51.7 Å². The first-order valence-electron chi connectivity index (χ1n) is 2.24. The maximum atomic E-state index is 9.63. The van der Waals surface area contributed by atoms with Crippen molar-refractivity contribution >= 4 is 29.3 Å². The molecule has 0 aromatic rings. The number of carbonyl (C=O) groups excluding carboxylic acids is 2. The number of hydrogen-bond acceptors (Lipinski definition) is 6. The van der Waals surface area contributed by atoms with Crippen molar-refractivity contribution in [2.24, 2.45) is 0 Å². The van der Waals surface area contributed by atoms with E-state index in [-0.39, 0.29) is 68.7 Å². The molecule has 2 N–H and O–H groups in total. The van der Waals surface area contributed by atoms with Gasteiger partial charge < -0.3 is 30.0 Å². The van der Waals surface area contributed by atoms with E-state index in [4.69, 9.17) is 10.2 Å². The van der Waals surface area contributed by atoms with Crippen molar-refractivity contribution in [3.05, 3.63) is 0 Å². The Morgan fingerprint density at radius 2 is 1.17 bits per heavy atom. The molecule has 0 aromatic heterocycles. The van der Waals surface area contributed by atoms with Gasteiger partial charge in [-0.1, -0.05) is 0 Å². The van der Waals surface area contributed by atoms with Crippen LogP contribution in [0.4, 0.5) is 0 Å². The molecule has 0 rings (SSSR count). The molecule has 0 aliphatic rings. The van der Waals surface area contributed by atoms with Crippen LogP contribution in [0.5, 0.6) is 0 Å². The summed E-state index contributed by atoms with van der Waals surface area (Å²) in [6.07, 6.45) is -4.88. The fourth-order valence-corrected chi connectivity index (χ4v) is 0.258. The van der Waals surface area contributed by atoms with Crippen LogP contribution in [0.3, 0.4) is 0 Å². The van der Waals surface area contributed by atoms with Crippen molar-refractivity contribution in [1.82, 2.24) is 0 Å².